The average Bonchev–Trinajstić information content (AvgIpc) is 2.53. The molecule has 0 radical (unpaired) electrons. The van der Waals surface area contributed by atoms with Crippen LogP contribution in [0.4, 0.5) is 0 Å². The standard InChI is InChI=1S/C18H28N2O/c1-4-15-13-20(12-11-17(15)19-3)18(21)10-9-16-8-6-5-7-14(16)2/h5-8,15,17,19H,4,9-13H2,1-3H3. The molecule has 0 bridgehead atoms. The largest absolute Gasteiger partial charge is 0.342 e. The number of carbonyl (C=O) groups is 1. The van der Waals surface area contributed by atoms with E-state index in [2.05, 4.69) is 48.3 Å². The van der Waals surface area contributed by atoms with Crippen molar-refractivity contribution in [3.8, 4) is 0 Å². The molecule has 3 heteroatoms. The molecule has 0 saturated carbocycles. The maximum Gasteiger partial charge on any atom is 0.222 e. The van der Waals surface area contributed by atoms with Gasteiger partial charge in [0.1, 0.15) is 0 Å². The minimum absolute atomic E-state index is 0.311. The van der Waals surface area contributed by atoms with Gasteiger partial charge in [0.05, 0.1) is 0 Å². The zero-order chi connectivity index (χ0) is 15.2. The van der Waals surface area contributed by atoms with Crippen LogP contribution < -0.4 is 5.32 Å². The van der Waals surface area contributed by atoms with Crippen LogP contribution in [0.25, 0.3) is 0 Å². The predicted molar refractivity (Wildman–Crippen MR) is 87.3 cm³/mol. The normalized spacial score (nSPS) is 22.3. The third-order valence-corrected chi connectivity index (χ3v) is 4.85. The van der Waals surface area contributed by atoms with Crippen molar-refractivity contribution in [2.75, 3.05) is 20.1 Å². The molecule has 1 aromatic rings. The number of benzene rings is 1. The van der Waals surface area contributed by atoms with Crippen LogP contribution in [0.1, 0.15) is 37.3 Å². The van der Waals surface area contributed by atoms with E-state index >= 15 is 0 Å². The van der Waals surface area contributed by atoms with Gasteiger partial charge in [-0.05, 0) is 43.9 Å². The van der Waals surface area contributed by atoms with Crippen molar-refractivity contribution in [1.82, 2.24) is 10.2 Å². The monoisotopic (exact) mass is 288 g/mol. The minimum Gasteiger partial charge on any atom is -0.342 e. The Kier molecular flexibility index (Phi) is 5.80. The van der Waals surface area contributed by atoms with Gasteiger partial charge in [0, 0.05) is 25.6 Å². The first-order valence-electron chi connectivity index (χ1n) is 8.15. The van der Waals surface area contributed by atoms with Crippen molar-refractivity contribution in [2.45, 2.75) is 45.6 Å². The number of amides is 1. The van der Waals surface area contributed by atoms with E-state index in [0.717, 1.165) is 32.4 Å². The Bertz CT molecular complexity index is 472. The zero-order valence-electron chi connectivity index (χ0n) is 13.6. The lowest BCUT2D eigenvalue weighted by atomic mass is 9.89. The van der Waals surface area contributed by atoms with Crippen LogP contribution in [0.15, 0.2) is 24.3 Å². The smallest absolute Gasteiger partial charge is 0.222 e. The molecule has 2 unspecified atom stereocenters. The second kappa shape index (κ2) is 7.60. The van der Waals surface area contributed by atoms with E-state index < -0.39 is 0 Å². The van der Waals surface area contributed by atoms with Crippen molar-refractivity contribution < 1.29 is 4.79 Å². The summed E-state index contributed by atoms with van der Waals surface area (Å²) in [5, 5.41) is 3.39. The van der Waals surface area contributed by atoms with Gasteiger partial charge >= 0.3 is 0 Å². The molecule has 21 heavy (non-hydrogen) atoms. The number of nitrogens with one attached hydrogen (secondary N) is 1. The molecule has 1 aliphatic rings. The van der Waals surface area contributed by atoms with Crippen LogP contribution in [0.5, 0.6) is 0 Å². The summed E-state index contributed by atoms with van der Waals surface area (Å²) in [5.74, 6) is 0.900. The maximum absolute atomic E-state index is 12.4. The summed E-state index contributed by atoms with van der Waals surface area (Å²) >= 11 is 0. The molecule has 2 rings (SSSR count). The predicted octanol–water partition coefficient (Wildman–Crippen LogP) is 2.77. The first kappa shape index (κ1) is 16.0. The van der Waals surface area contributed by atoms with Gasteiger partial charge in [-0.1, -0.05) is 37.6 Å². The number of aryl methyl sites for hydroxylation is 2. The van der Waals surface area contributed by atoms with E-state index in [1.165, 1.54) is 11.1 Å². The zero-order valence-corrected chi connectivity index (χ0v) is 13.6. The summed E-state index contributed by atoms with van der Waals surface area (Å²) in [5.41, 5.74) is 2.58. The van der Waals surface area contributed by atoms with E-state index in [4.69, 9.17) is 0 Å². The Hall–Kier alpha value is -1.35. The van der Waals surface area contributed by atoms with Gasteiger partial charge in [0.2, 0.25) is 5.91 Å². The minimum atomic E-state index is 0.311. The van der Waals surface area contributed by atoms with Crippen LogP contribution in [-0.2, 0) is 11.2 Å². The summed E-state index contributed by atoms with van der Waals surface area (Å²) in [6.07, 6.45) is 3.69. The lowest BCUT2D eigenvalue weighted by molar-refractivity contribution is -0.133. The molecule has 1 heterocycles. The highest BCUT2D eigenvalue weighted by Gasteiger charge is 2.29. The van der Waals surface area contributed by atoms with Crippen LogP contribution >= 0.6 is 0 Å². The SMILES string of the molecule is CCC1CN(C(=O)CCc2ccccc2C)CCC1NC. The quantitative estimate of drug-likeness (QED) is 0.903. The van der Waals surface area contributed by atoms with E-state index in [0.29, 0.717) is 24.3 Å². The Morgan fingerprint density at radius 2 is 2.14 bits per heavy atom. The molecular formula is C18H28N2O. The summed E-state index contributed by atoms with van der Waals surface area (Å²) in [4.78, 5) is 14.5. The highest BCUT2D eigenvalue weighted by Crippen LogP contribution is 2.21. The highest BCUT2D eigenvalue weighted by atomic mass is 16.2. The Balaban J connectivity index is 1.88. The number of hydrogen-bond donors (Lipinski definition) is 1. The Labute approximate surface area is 128 Å². The molecular weight excluding hydrogens is 260 g/mol. The number of hydrogen-bond acceptors (Lipinski definition) is 2. The number of likely N-dealkylation sites (tertiary alicyclic amines) is 1. The van der Waals surface area contributed by atoms with Crippen molar-refractivity contribution in [3.63, 3.8) is 0 Å². The van der Waals surface area contributed by atoms with E-state index in [9.17, 15) is 4.79 Å². The van der Waals surface area contributed by atoms with Crippen molar-refractivity contribution >= 4 is 5.91 Å². The van der Waals surface area contributed by atoms with Gasteiger partial charge in [-0.2, -0.15) is 0 Å². The van der Waals surface area contributed by atoms with Gasteiger partial charge < -0.3 is 10.2 Å². The third kappa shape index (κ3) is 4.07. The average molecular weight is 288 g/mol. The lowest BCUT2D eigenvalue weighted by Crippen LogP contribution is -2.50. The molecule has 0 spiro atoms. The van der Waals surface area contributed by atoms with Crippen molar-refractivity contribution in [1.29, 1.82) is 0 Å². The first-order chi connectivity index (χ1) is 10.2. The Morgan fingerprint density at radius 1 is 1.38 bits per heavy atom. The molecule has 1 aliphatic heterocycles. The van der Waals surface area contributed by atoms with Crippen LogP contribution in [0.2, 0.25) is 0 Å². The van der Waals surface area contributed by atoms with Crippen LogP contribution in [0.3, 0.4) is 0 Å². The molecule has 1 fully saturated rings. The van der Waals surface area contributed by atoms with Gasteiger partial charge in [-0.25, -0.2) is 0 Å². The van der Waals surface area contributed by atoms with E-state index in [1.54, 1.807) is 0 Å². The molecule has 0 aromatic heterocycles. The van der Waals surface area contributed by atoms with Crippen LogP contribution in [0, 0.1) is 12.8 Å². The number of nitrogens with zero attached hydrogens (tertiary/aromatic N) is 1. The summed E-state index contributed by atoms with van der Waals surface area (Å²) in [7, 11) is 2.03. The molecule has 1 saturated heterocycles. The second-order valence-electron chi connectivity index (χ2n) is 6.12. The third-order valence-electron chi connectivity index (χ3n) is 4.85. The molecule has 1 aromatic carbocycles. The lowest BCUT2D eigenvalue weighted by Gasteiger charge is -2.38. The molecule has 1 amide bonds. The number of carbonyl (C=O) groups excluding carboxylic acids is 1. The first-order valence-corrected chi connectivity index (χ1v) is 8.15. The van der Waals surface area contributed by atoms with Gasteiger partial charge in [-0.3, -0.25) is 4.79 Å². The second-order valence-corrected chi connectivity index (χ2v) is 6.12. The van der Waals surface area contributed by atoms with E-state index in [1.807, 2.05) is 7.05 Å². The van der Waals surface area contributed by atoms with E-state index in [-0.39, 0.29) is 0 Å². The molecule has 1 N–H and O–H groups in total. The van der Waals surface area contributed by atoms with Crippen molar-refractivity contribution in [2.24, 2.45) is 5.92 Å². The fourth-order valence-electron chi connectivity index (χ4n) is 3.34. The molecule has 3 nitrogen and oxygen atoms in total. The molecule has 116 valence electrons. The van der Waals surface area contributed by atoms with Gasteiger partial charge in [-0.15, -0.1) is 0 Å². The molecule has 0 aliphatic carbocycles. The van der Waals surface area contributed by atoms with Crippen LogP contribution in [-0.4, -0.2) is 37.0 Å². The fraction of sp³-hybridized carbons (Fsp3) is 0.611. The number of rotatable bonds is 5. The summed E-state index contributed by atoms with van der Waals surface area (Å²) in [6.45, 7) is 6.14. The summed E-state index contributed by atoms with van der Waals surface area (Å²) in [6, 6.07) is 8.92. The Morgan fingerprint density at radius 3 is 2.81 bits per heavy atom. The fourth-order valence-corrected chi connectivity index (χ4v) is 3.34. The highest BCUT2D eigenvalue weighted by molar-refractivity contribution is 5.76. The maximum atomic E-state index is 12.4. The topological polar surface area (TPSA) is 32.3 Å². The summed E-state index contributed by atoms with van der Waals surface area (Å²) < 4.78 is 0. The molecule has 2 atom stereocenters. The van der Waals surface area contributed by atoms with Gasteiger partial charge in [0.15, 0.2) is 0 Å². The van der Waals surface area contributed by atoms with Crippen molar-refractivity contribution in [3.05, 3.63) is 35.4 Å². The number of piperidine rings is 1. The van der Waals surface area contributed by atoms with Gasteiger partial charge in [0.25, 0.3) is 0 Å².